The van der Waals surface area contributed by atoms with Crippen LogP contribution >= 0.6 is 0 Å². The van der Waals surface area contributed by atoms with E-state index in [-0.39, 0.29) is 12.0 Å². The summed E-state index contributed by atoms with van der Waals surface area (Å²) in [7, 11) is 0. The van der Waals surface area contributed by atoms with Gasteiger partial charge in [-0.15, -0.1) is 0 Å². The average Bonchev–Trinajstić information content (AvgIpc) is 3.60. The summed E-state index contributed by atoms with van der Waals surface area (Å²) in [5, 5.41) is 4.39. The number of imide groups is 1. The Kier molecular flexibility index (Phi) is 7.59. The maximum Gasteiger partial charge on any atom is 0.418 e. The van der Waals surface area contributed by atoms with E-state index in [0.29, 0.717) is 27.7 Å². The monoisotopic (exact) mass is 586 g/mol. The number of nitrogens with zero attached hydrogens (tertiary/aromatic N) is 4. The average molecular weight is 587 g/mol. The standard InChI is InChI=1S/C30H30F4N4O4/c1-18(2)14-36-16-23(13-35-36)21-6-9-25-22(12-21)10-11-29(25)27(40)38(28(41)42-29)17-26(39)37(19(3)30(32,33)34)15-20-4-7-24(31)8-5-20/h4-9,12-13,16,18-19H,10-11,14-15,17H2,1-3H3/t19?,29-/m1/s1. The van der Waals surface area contributed by atoms with Crippen LogP contribution in [0.2, 0.25) is 0 Å². The Morgan fingerprint density at radius 1 is 1.10 bits per heavy atom. The summed E-state index contributed by atoms with van der Waals surface area (Å²) in [5.74, 6) is -2.06. The van der Waals surface area contributed by atoms with Crippen molar-refractivity contribution in [1.29, 1.82) is 0 Å². The number of carbonyl (C=O) groups is 3. The molecule has 12 heteroatoms. The molecule has 0 radical (unpaired) electrons. The van der Waals surface area contributed by atoms with E-state index in [4.69, 9.17) is 4.74 Å². The van der Waals surface area contributed by atoms with Gasteiger partial charge in [0, 0.05) is 36.8 Å². The fourth-order valence-electron chi connectivity index (χ4n) is 5.45. The largest absolute Gasteiger partial charge is 0.427 e. The number of alkyl halides is 3. The molecule has 1 spiro atoms. The van der Waals surface area contributed by atoms with Gasteiger partial charge in [0.05, 0.1) is 6.20 Å². The van der Waals surface area contributed by atoms with E-state index in [9.17, 15) is 31.9 Å². The number of ether oxygens (including phenoxy) is 1. The van der Waals surface area contributed by atoms with E-state index < -0.39 is 54.6 Å². The van der Waals surface area contributed by atoms with Crippen LogP contribution in [0, 0.1) is 11.7 Å². The molecule has 1 aromatic heterocycles. The van der Waals surface area contributed by atoms with Crippen LogP contribution in [-0.2, 0) is 39.4 Å². The first-order chi connectivity index (χ1) is 19.8. The summed E-state index contributed by atoms with van der Waals surface area (Å²) in [5.41, 5.74) is 1.65. The van der Waals surface area contributed by atoms with Crippen LogP contribution in [0.25, 0.3) is 11.1 Å². The molecule has 3 aromatic rings. The maximum absolute atomic E-state index is 13.7. The van der Waals surface area contributed by atoms with Gasteiger partial charge in [0.2, 0.25) is 11.5 Å². The Morgan fingerprint density at radius 2 is 1.81 bits per heavy atom. The van der Waals surface area contributed by atoms with Crippen molar-refractivity contribution in [2.45, 2.75) is 64.5 Å². The van der Waals surface area contributed by atoms with E-state index in [1.165, 1.54) is 12.1 Å². The second kappa shape index (κ2) is 10.9. The number of aryl methyl sites for hydroxylation is 1. The summed E-state index contributed by atoms with van der Waals surface area (Å²) in [4.78, 5) is 40.8. The molecule has 0 saturated carbocycles. The number of fused-ring (bicyclic) bond motifs is 2. The lowest BCUT2D eigenvalue weighted by Gasteiger charge is -2.31. The summed E-state index contributed by atoms with van der Waals surface area (Å²) < 4.78 is 61.8. The van der Waals surface area contributed by atoms with Gasteiger partial charge < -0.3 is 9.64 Å². The molecule has 0 N–H and O–H groups in total. The Morgan fingerprint density at radius 3 is 2.48 bits per heavy atom. The minimum absolute atomic E-state index is 0.145. The van der Waals surface area contributed by atoms with Crippen molar-refractivity contribution in [3.8, 4) is 11.1 Å². The zero-order valence-corrected chi connectivity index (χ0v) is 23.3. The molecule has 8 nitrogen and oxygen atoms in total. The number of aromatic nitrogens is 2. The lowest BCUT2D eigenvalue weighted by Crippen LogP contribution is -2.51. The lowest BCUT2D eigenvalue weighted by atomic mass is 9.93. The van der Waals surface area contributed by atoms with Crippen molar-refractivity contribution in [1.82, 2.24) is 19.6 Å². The van der Waals surface area contributed by atoms with Crippen LogP contribution < -0.4 is 0 Å². The first-order valence-electron chi connectivity index (χ1n) is 13.6. The van der Waals surface area contributed by atoms with Crippen molar-refractivity contribution in [3.05, 3.63) is 77.4 Å². The number of benzene rings is 2. The highest BCUT2D eigenvalue weighted by Gasteiger charge is 2.58. The number of hydrogen-bond donors (Lipinski definition) is 0. The summed E-state index contributed by atoms with van der Waals surface area (Å²) in [6.45, 7) is 4.32. The van der Waals surface area contributed by atoms with Gasteiger partial charge >= 0.3 is 12.3 Å². The fourth-order valence-corrected chi connectivity index (χ4v) is 5.45. The molecule has 2 aliphatic rings. The van der Waals surface area contributed by atoms with Gasteiger partial charge in [-0.05, 0) is 48.1 Å². The first-order valence-corrected chi connectivity index (χ1v) is 13.6. The molecule has 1 aliphatic carbocycles. The van der Waals surface area contributed by atoms with Gasteiger partial charge in [0.15, 0.2) is 0 Å². The molecule has 2 heterocycles. The summed E-state index contributed by atoms with van der Waals surface area (Å²) >= 11 is 0. The second-order valence-electron chi connectivity index (χ2n) is 11.2. The molecule has 42 heavy (non-hydrogen) atoms. The Balaban J connectivity index is 1.36. The third-order valence-corrected chi connectivity index (χ3v) is 7.70. The zero-order chi connectivity index (χ0) is 30.4. The van der Waals surface area contributed by atoms with Crippen molar-refractivity contribution in [2.24, 2.45) is 5.92 Å². The topological polar surface area (TPSA) is 84.7 Å². The second-order valence-corrected chi connectivity index (χ2v) is 11.2. The molecule has 5 rings (SSSR count). The first kappa shape index (κ1) is 29.3. The molecule has 2 atom stereocenters. The predicted octanol–water partition coefficient (Wildman–Crippen LogP) is 5.45. The van der Waals surface area contributed by atoms with E-state index in [2.05, 4.69) is 18.9 Å². The molecular formula is C30H30F4N4O4. The van der Waals surface area contributed by atoms with E-state index in [1.54, 1.807) is 18.3 Å². The van der Waals surface area contributed by atoms with Crippen LogP contribution in [0.15, 0.2) is 54.9 Å². The molecule has 0 bridgehead atoms. The zero-order valence-electron chi connectivity index (χ0n) is 23.3. The Bertz CT molecular complexity index is 1520. The number of amides is 3. The Hall–Kier alpha value is -4.22. The van der Waals surface area contributed by atoms with Crippen molar-refractivity contribution >= 4 is 17.9 Å². The molecule has 1 fully saturated rings. The van der Waals surface area contributed by atoms with E-state index in [1.807, 2.05) is 16.9 Å². The summed E-state index contributed by atoms with van der Waals surface area (Å²) in [6, 6.07) is 7.86. The highest BCUT2D eigenvalue weighted by Crippen LogP contribution is 2.46. The Labute approximate surface area is 239 Å². The fraction of sp³-hybridized carbons (Fsp3) is 0.400. The lowest BCUT2D eigenvalue weighted by molar-refractivity contribution is -0.187. The van der Waals surface area contributed by atoms with E-state index in [0.717, 1.165) is 42.3 Å². The molecule has 3 amide bonds. The quantitative estimate of drug-likeness (QED) is 0.328. The summed E-state index contributed by atoms with van der Waals surface area (Å²) in [6.07, 6.45) is -1.62. The van der Waals surface area contributed by atoms with Crippen LogP contribution in [0.1, 0.15) is 43.9 Å². The number of hydrogen-bond acceptors (Lipinski definition) is 5. The molecule has 1 saturated heterocycles. The highest BCUT2D eigenvalue weighted by molar-refractivity contribution is 6.06. The molecule has 2 aromatic carbocycles. The predicted molar refractivity (Wildman–Crippen MR) is 143 cm³/mol. The minimum Gasteiger partial charge on any atom is -0.427 e. The molecule has 1 unspecified atom stereocenters. The van der Waals surface area contributed by atoms with Crippen LogP contribution in [0.4, 0.5) is 22.4 Å². The normalized spacial score (nSPS) is 19.0. The van der Waals surface area contributed by atoms with Crippen molar-refractivity contribution in [2.75, 3.05) is 6.54 Å². The van der Waals surface area contributed by atoms with Crippen molar-refractivity contribution < 1.29 is 36.7 Å². The van der Waals surface area contributed by atoms with Gasteiger partial charge in [0.25, 0.3) is 5.91 Å². The SMILES string of the molecule is CC(C)Cn1cc(-c2ccc3c(c2)CC[C@@]32OC(=O)N(CC(=O)N(Cc3ccc(F)cc3)C(C)C(F)(F)F)C2=O)cn1. The number of halogens is 4. The van der Waals surface area contributed by atoms with E-state index >= 15 is 0 Å². The highest BCUT2D eigenvalue weighted by atomic mass is 19.4. The van der Waals surface area contributed by atoms with Crippen molar-refractivity contribution in [3.63, 3.8) is 0 Å². The van der Waals surface area contributed by atoms with Gasteiger partial charge in [-0.25, -0.2) is 14.1 Å². The van der Waals surface area contributed by atoms with Gasteiger partial charge in [-0.1, -0.05) is 44.2 Å². The smallest absolute Gasteiger partial charge is 0.418 e. The van der Waals surface area contributed by atoms with Crippen LogP contribution in [0.3, 0.4) is 0 Å². The van der Waals surface area contributed by atoms with Crippen LogP contribution in [0.5, 0.6) is 0 Å². The van der Waals surface area contributed by atoms with Gasteiger partial charge in [0.1, 0.15) is 18.4 Å². The number of carbonyl (C=O) groups excluding carboxylic acids is 3. The molecular weight excluding hydrogens is 556 g/mol. The maximum atomic E-state index is 13.7. The molecule has 222 valence electrons. The third-order valence-electron chi connectivity index (χ3n) is 7.70. The van der Waals surface area contributed by atoms with Gasteiger partial charge in [-0.3, -0.25) is 14.3 Å². The third kappa shape index (κ3) is 5.49. The van der Waals surface area contributed by atoms with Crippen LogP contribution in [-0.4, -0.2) is 56.3 Å². The minimum atomic E-state index is -4.78. The number of rotatable bonds is 8. The van der Waals surface area contributed by atoms with Gasteiger partial charge in [-0.2, -0.15) is 18.3 Å². The molecule has 1 aliphatic heterocycles.